The van der Waals surface area contributed by atoms with E-state index in [-0.39, 0.29) is 17.9 Å². The van der Waals surface area contributed by atoms with E-state index in [1.54, 1.807) is 4.90 Å². The first-order chi connectivity index (χ1) is 6.52. The molecule has 0 radical (unpaired) electrons. The fourth-order valence-electron chi connectivity index (χ4n) is 1.78. The van der Waals surface area contributed by atoms with Crippen LogP contribution in [0.25, 0.3) is 0 Å². The normalized spacial score (nSPS) is 27.6. The molecule has 1 fully saturated rings. The van der Waals surface area contributed by atoms with Gasteiger partial charge < -0.3 is 10.0 Å². The largest absolute Gasteiger partial charge is 0.478 e. The van der Waals surface area contributed by atoms with Gasteiger partial charge in [-0.15, -0.1) is 0 Å². The van der Waals surface area contributed by atoms with Crippen molar-refractivity contribution in [1.82, 2.24) is 4.90 Å². The number of carbonyl (C=O) groups is 2. The number of carboxylic acid groups (broad SMARTS) is 1. The molecule has 1 aliphatic rings. The van der Waals surface area contributed by atoms with Gasteiger partial charge in [0.15, 0.2) is 0 Å². The van der Waals surface area contributed by atoms with Gasteiger partial charge in [0.05, 0.1) is 0 Å². The highest BCUT2D eigenvalue weighted by Gasteiger charge is 2.32. The molecule has 1 rings (SSSR count). The van der Waals surface area contributed by atoms with Crippen LogP contribution in [0.4, 0.5) is 0 Å². The molecule has 1 heterocycles. The maximum absolute atomic E-state index is 11.5. The lowest BCUT2D eigenvalue weighted by atomic mass is 10.1. The van der Waals surface area contributed by atoms with Crippen molar-refractivity contribution in [2.75, 3.05) is 6.54 Å². The van der Waals surface area contributed by atoms with Crippen molar-refractivity contribution >= 4 is 11.9 Å². The Kier molecular flexibility index (Phi) is 3.28. The third kappa shape index (κ3) is 2.34. The van der Waals surface area contributed by atoms with Gasteiger partial charge in [0.1, 0.15) is 0 Å². The van der Waals surface area contributed by atoms with E-state index < -0.39 is 5.97 Å². The fourth-order valence-corrected chi connectivity index (χ4v) is 1.78. The summed E-state index contributed by atoms with van der Waals surface area (Å²) in [4.78, 5) is 23.5. The predicted octanol–water partition coefficient (Wildman–Crippen LogP) is 0.884. The Morgan fingerprint density at radius 1 is 1.64 bits per heavy atom. The molecule has 1 amide bonds. The first-order valence-corrected chi connectivity index (χ1v) is 4.72. The standard InChI is InChI=1S/C10H15NO3/c1-7-6-8(2)11(10(7)14)5-3-4-9(12)13/h3-4,7-8H,5-6H2,1-2H3,(H,12,13)/b4-3+. The number of nitrogens with zero attached hydrogens (tertiary/aromatic N) is 1. The number of likely N-dealkylation sites (tertiary alicyclic amines) is 1. The van der Waals surface area contributed by atoms with Gasteiger partial charge in [0, 0.05) is 24.6 Å². The Morgan fingerprint density at radius 2 is 2.29 bits per heavy atom. The Balaban J connectivity index is 2.52. The number of hydrogen-bond acceptors (Lipinski definition) is 2. The van der Waals surface area contributed by atoms with Crippen molar-refractivity contribution < 1.29 is 14.7 Å². The molecule has 78 valence electrons. The van der Waals surface area contributed by atoms with Crippen molar-refractivity contribution in [2.24, 2.45) is 5.92 Å². The number of hydrogen-bond donors (Lipinski definition) is 1. The second-order valence-electron chi connectivity index (χ2n) is 3.72. The molecule has 0 aromatic carbocycles. The molecule has 4 nitrogen and oxygen atoms in total. The van der Waals surface area contributed by atoms with Crippen LogP contribution in [0.1, 0.15) is 20.3 Å². The lowest BCUT2D eigenvalue weighted by Gasteiger charge is -2.19. The van der Waals surface area contributed by atoms with Gasteiger partial charge in [-0.1, -0.05) is 13.0 Å². The molecular weight excluding hydrogens is 182 g/mol. The maximum atomic E-state index is 11.5. The third-order valence-corrected chi connectivity index (χ3v) is 2.49. The van der Waals surface area contributed by atoms with Crippen molar-refractivity contribution in [3.63, 3.8) is 0 Å². The topological polar surface area (TPSA) is 57.6 Å². The van der Waals surface area contributed by atoms with Gasteiger partial charge in [0.25, 0.3) is 0 Å². The summed E-state index contributed by atoms with van der Waals surface area (Å²) in [6.45, 7) is 4.28. The van der Waals surface area contributed by atoms with Crippen LogP contribution in [-0.4, -0.2) is 34.5 Å². The van der Waals surface area contributed by atoms with Crippen LogP contribution < -0.4 is 0 Å². The Labute approximate surface area is 83.2 Å². The summed E-state index contributed by atoms with van der Waals surface area (Å²) in [5.74, 6) is -0.784. The zero-order chi connectivity index (χ0) is 10.7. The van der Waals surface area contributed by atoms with Crippen LogP contribution in [0.3, 0.4) is 0 Å². The molecule has 0 aromatic heterocycles. The van der Waals surface area contributed by atoms with Gasteiger partial charge in [-0.3, -0.25) is 4.79 Å². The maximum Gasteiger partial charge on any atom is 0.328 e. The zero-order valence-corrected chi connectivity index (χ0v) is 8.43. The number of aliphatic carboxylic acids is 1. The first-order valence-electron chi connectivity index (χ1n) is 4.72. The molecule has 4 heteroatoms. The molecule has 1 N–H and O–H groups in total. The molecule has 14 heavy (non-hydrogen) atoms. The van der Waals surface area contributed by atoms with Crippen LogP contribution in [0.5, 0.6) is 0 Å². The van der Waals surface area contributed by atoms with E-state index in [9.17, 15) is 9.59 Å². The Morgan fingerprint density at radius 3 is 2.71 bits per heavy atom. The Bertz CT molecular complexity index is 273. The van der Waals surface area contributed by atoms with Gasteiger partial charge in [-0.25, -0.2) is 4.79 Å². The van der Waals surface area contributed by atoms with Crippen molar-refractivity contribution in [1.29, 1.82) is 0 Å². The number of amides is 1. The smallest absolute Gasteiger partial charge is 0.328 e. The zero-order valence-electron chi connectivity index (χ0n) is 8.43. The van der Waals surface area contributed by atoms with Crippen molar-refractivity contribution in [2.45, 2.75) is 26.3 Å². The molecule has 0 aromatic rings. The van der Waals surface area contributed by atoms with E-state index in [4.69, 9.17) is 5.11 Å². The van der Waals surface area contributed by atoms with Crippen LogP contribution in [0.2, 0.25) is 0 Å². The second-order valence-corrected chi connectivity index (χ2v) is 3.72. The summed E-state index contributed by atoms with van der Waals surface area (Å²) in [5.41, 5.74) is 0. The van der Waals surface area contributed by atoms with Gasteiger partial charge in [-0.05, 0) is 13.3 Å². The van der Waals surface area contributed by atoms with Crippen LogP contribution in [-0.2, 0) is 9.59 Å². The fraction of sp³-hybridized carbons (Fsp3) is 0.600. The van der Waals surface area contributed by atoms with E-state index in [1.165, 1.54) is 6.08 Å². The molecule has 0 spiro atoms. The predicted molar refractivity (Wildman–Crippen MR) is 51.7 cm³/mol. The summed E-state index contributed by atoms with van der Waals surface area (Å²) >= 11 is 0. The van der Waals surface area contributed by atoms with Gasteiger partial charge in [0.2, 0.25) is 5.91 Å². The van der Waals surface area contributed by atoms with Crippen LogP contribution in [0.15, 0.2) is 12.2 Å². The molecule has 1 saturated heterocycles. The molecule has 0 bridgehead atoms. The van der Waals surface area contributed by atoms with Crippen molar-refractivity contribution in [3.8, 4) is 0 Å². The van der Waals surface area contributed by atoms with Crippen LogP contribution >= 0.6 is 0 Å². The second kappa shape index (κ2) is 4.26. The summed E-state index contributed by atoms with van der Waals surface area (Å²) < 4.78 is 0. The first kappa shape index (κ1) is 10.8. The van der Waals surface area contributed by atoms with Gasteiger partial charge >= 0.3 is 5.97 Å². The minimum atomic E-state index is -0.975. The number of carboxylic acids is 1. The average Bonchev–Trinajstić information content (AvgIpc) is 2.31. The lowest BCUT2D eigenvalue weighted by Crippen LogP contribution is -2.32. The van der Waals surface area contributed by atoms with Crippen LogP contribution in [0, 0.1) is 5.92 Å². The minimum Gasteiger partial charge on any atom is -0.478 e. The molecule has 0 aliphatic carbocycles. The van der Waals surface area contributed by atoms with E-state index in [2.05, 4.69) is 0 Å². The molecule has 2 unspecified atom stereocenters. The lowest BCUT2D eigenvalue weighted by molar-refractivity contribution is -0.132. The summed E-state index contributed by atoms with van der Waals surface area (Å²) in [6.07, 6.45) is 3.44. The highest BCUT2D eigenvalue weighted by Crippen LogP contribution is 2.23. The molecular formula is C10H15NO3. The van der Waals surface area contributed by atoms with Gasteiger partial charge in [-0.2, -0.15) is 0 Å². The summed E-state index contributed by atoms with van der Waals surface area (Å²) in [6, 6.07) is 0.218. The average molecular weight is 197 g/mol. The highest BCUT2D eigenvalue weighted by molar-refractivity contribution is 5.82. The van der Waals surface area contributed by atoms with E-state index in [0.717, 1.165) is 12.5 Å². The SMILES string of the molecule is CC1CC(C)N(C/C=C/C(=O)O)C1=O. The quantitative estimate of drug-likeness (QED) is 0.683. The van der Waals surface area contributed by atoms with Crippen molar-refractivity contribution in [3.05, 3.63) is 12.2 Å². The molecule has 1 aliphatic heterocycles. The summed E-state index contributed by atoms with van der Waals surface area (Å²) in [5, 5.41) is 8.38. The molecule has 2 atom stereocenters. The summed E-state index contributed by atoms with van der Waals surface area (Å²) in [7, 11) is 0. The number of carbonyl (C=O) groups excluding carboxylic acids is 1. The monoisotopic (exact) mass is 197 g/mol. The Hall–Kier alpha value is -1.32. The van der Waals surface area contributed by atoms with E-state index in [0.29, 0.717) is 6.54 Å². The van der Waals surface area contributed by atoms with E-state index >= 15 is 0 Å². The highest BCUT2D eigenvalue weighted by atomic mass is 16.4. The molecule has 0 saturated carbocycles. The minimum absolute atomic E-state index is 0.0724. The third-order valence-electron chi connectivity index (χ3n) is 2.49. The van der Waals surface area contributed by atoms with E-state index in [1.807, 2.05) is 13.8 Å². The number of rotatable bonds is 3.